The number of aromatic nitrogens is 2. The fourth-order valence-corrected chi connectivity index (χ4v) is 11.5. The number of aliphatic carboxylic acids is 1. The molecule has 462 valence electrons. The smallest absolute Gasteiger partial charge is 0.317 e. The molecule has 11 rings (SSSR count). The van der Waals surface area contributed by atoms with Crippen molar-refractivity contribution in [2.45, 2.75) is 71.0 Å². The van der Waals surface area contributed by atoms with Crippen molar-refractivity contribution >= 4 is 63.2 Å². The summed E-state index contributed by atoms with van der Waals surface area (Å²) >= 11 is 0. The number of fused-ring (bicyclic) bond motifs is 2. The first-order valence-electron chi connectivity index (χ1n) is 28.7. The van der Waals surface area contributed by atoms with Crippen LogP contribution in [-0.4, -0.2) is 88.6 Å². The van der Waals surface area contributed by atoms with Crippen molar-refractivity contribution in [3.63, 3.8) is 0 Å². The van der Waals surface area contributed by atoms with Crippen LogP contribution in [0.25, 0.3) is 21.7 Å². The van der Waals surface area contributed by atoms with Crippen molar-refractivity contribution in [2.75, 3.05) is 33.2 Å². The minimum atomic E-state index is -1.11. The first-order valence-corrected chi connectivity index (χ1v) is 28.7. The van der Waals surface area contributed by atoms with Crippen LogP contribution in [0.3, 0.4) is 0 Å². The first-order chi connectivity index (χ1) is 42.9. The third kappa shape index (κ3) is 14.5. The SMILES string of the molecule is CCOC(=O)[C@@]1(Cc2ccc(OCc3ccnc(N)c3)cc2)C[C@@H]1C(=O)O.COC(=O)[C@@]1(Cc2ccc(OCc3cc(C)nc4ccccc34)c(F)c2)C[C@@H]1C(=O)NO.COC(=O)[C@]1(c2cccc(OCCc3ccc4ccccc4c3)c2)C[C@H]1C(=O)NO. The first kappa shape index (κ1) is 63.5. The van der Waals surface area contributed by atoms with Crippen molar-refractivity contribution in [1.82, 2.24) is 20.9 Å². The summed E-state index contributed by atoms with van der Waals surface area (Å²) in [5, 5.41) is 30.5. The molecule has 7 N–H and O–H groups in total. The van der Waals surface area contributed by atoms with Crippen LogP contribution in [0.5, 0.6) is 17.2 Å². The molecule has 0 aliphatic heterocycles. The second kappa shape index (κ2) is 27.8. The number of carbonyl (C=O) groups is 6. The molecular weight excluding hydrogens is 1150 g/mol. The van der Waals surface area contributed by atoms with Crippen LogP contribution >= 0.6 is 0 Å². The number of halogens is 1. The number of anilines is 1. The number of para-hydroxylation sites is 1. The topological polar surface area (TPSA) is 294 Å². The number of benzene rings is 6. The minimum Gasteiger partial charge on any atom is -0.493 e. The van der Waals surface area contributed by atoms with E-state index in [9.17, 15) is 38.3 Å². The Morgan fingerprint density at radius 3 is 2.00 bits per heavy atom. The van der Waals surface area contributed by atoms with E-state index in [1.54, 1.807) is 66.5 Å². The van der Waals surface area contributed by atoms with Crippen LogP contribution in [0.1, 0.15) is 65.3 Å². The molecule has 6 atom stereocenters. The molecule has 0 unspecified atom stereocenters. The normalized spacial score (nSPS) is 20.0. The number of nitrogens with one attached hydrogen (secondary N) is 2. The summed E-state index contributed by atoms with van der Waals surface area (Å²) in [7, 11) is 2.53. The van der Waals surface area contributed by atoms with E-state index in [0.717, 1.165) is 39.7 Å². The number of nitrogen functional groups attached to an aromatic ring is 1. The highest BCUT2D eigenvalue weighted by Gasteiger charge is 2.67. The van der Waals surface area contributed by atoms with E-state index in [4.69, 9.17) is 44.6 Å². The third-order valence-electron chi connectivity index (χ3n) is 16.4. The van der Waals surface area contributed by atoms with E-state index >= 15 is 0 Å². The maximum Gasteiger partial charge on any atom is 0.317 e. The predicted molar refractivity (Wildman–Crippen MR) is 323 cm³/mol. The Hall–Kier alpha value is -9.99. The summed E-state index contributed by atoms with van der Waals surface area (Å²) in [6.07, 6.45) is 3.64. The number of ether oxygens (including phenoxy) is 6. The molecule has 3 fully saturated rings. The van der Waals surface area contributed by atoms with Gasteiger partial charge in [0.25, 0.3) is 0 Å². The van der Waals surface area contributed by atoms with E-state index in [-0.39, 0.29) is 38.2 Å². The molecule has 2 aromatic heterocycles. The number of methoxy groups -OCH3 is 2. The number of hydrogen-bond acceptors (Lipinski definition) is 17. The third-order valence-corrected chi connectivity index (χ3v) is 16.4. The van der Waals surface area contributed by atoms with Crippen LogP contribution in [-0.2, 0) is 80.9 Å². The summed E-state index contributed by atoms with van der Waals surface area (Å²) in [5.74, 6) is -4.54. The van der Waals surface area contributed by atoms with Gasteiger partial charge in [-0.05, 0) is 145 Å². The average Bonchev–Trinajstić information content (AvgIpc) is 1.66. The monoisotopic (exact) mass is 1210 g/mol. The van der Waals surface area contributed by atoms with Crippen LogP contribution in [0.15, 0.2) is 158 Å². The highest BCUT2D eigenvalue weighted by Crippen LogP contribution is 2.58. The Kier molecular flexibility index (Phi) is 19.8. The Balaban J connectivity index is 0.000000159. The molecule has 0 saturated heterocycles. The quantitative estimate of drug-likeness (QED) is 0.0159. The van der Waals surface area contributed by atoms with Crippen LogP contribution < -0.4 is 30.9 Å². The predicted octanol–water partition coefficient (Wildman–Crippen LogP) is 9.33. The lowest BCUT2D eigenvalue weighted by Crippen LogP contribution is -2.31. The molecule has 2 heterocycles. The standard InChI is InChI=1S/C24H23FN2O5.C24H23NO5.C20H22N2O5/c1-14-9-16(17-5-3-4-6-20(17)26-14)13-32-21-8-7-15(10-19(21)25)11-24(23(29)31-2)12-18(24)22(28)27-30;1-29-23(27)24(15-21(24)22(26)25-28)19-7-4-8-20(14-19)30-12-11-16-9-10-17-5-2-3-6-18(17)13-16;1-2-26-19(25)20(11-16(20)18(23)24)10-13-3-5-15(6-4-13)27-12-14-7-8-22-17(21)9-14/h3-10,18,30H,11-13H2,1-2H3,(H,27,28);2-10,13-14,21,28H,11-12,15H2,1H3,(H,25,26);3-9,16H,2,10-12H2,1H3,(H2,21,22)(H,23,24)/t18-,24+;21-,24-;16-,20+/m101/s1. The number of amides is 2. The number of rotatable bonds is 22. The van der Waals surface area contributed by atoms with Crippen molar-refractivity contribution in [1.29, 1.82) is 0 Å². The molecule has 3 aliphatic carbocycles. The molecular formula is C68H68FN5O15. The molecule has 3 saturated carbocycles. The van der Waals surface area contributed by atoms with Crippen molar-refractivity contribution in [2.24, 2.45) is 28.6 Å². The lowest BCUT2D eigenvalue weighted by molar-refractivity contribution is -0.153. The molecule has 2 amide bonds. The number of nitrogens with two attached hydrogens (primary N) is 1. The Labute approximate surface area is 512 Å². The largest absolute Gasteiger partial charge is 0.493 e. The van der Waals surface area contributed by atoms with Crippen LogP contribution in [0, 0.1) is 41.3 Å². The summed E-state index contributed by atoms with van der Waals surface area (Å²) in [6, 6.07) is 46.6. The number of nitrogens with zero attached hydrogens (tertiary/aromatic N) is 2. The zero-order valence-corrected chi connectivity index (χ0v) is 49.4. The maximum atomic E-state index is 14.8. The van der Waals surface area contributed by atoms with Gasteiger partial charge >= 0.3 is 23.9 Å². The van der Waals surface area contributed by atoms with Gasteiger partial charge < -0.3 is 39.3 Å². The second-order valence-electron chi connectivity index (χ2n) is 22.2. The van der Waals surface area contributed by atoms with E-state index in [1.807, 2.05) is 73.7 Å². The number of pyridine rings is 2. The van der Waals surface area contributed by atoms with E-state index in [1.165, 1.54) is 42.7 Å². The fourth-order valence-electron chi connectivity index (χ4n) is 11.5. The molecule has 8 aromatic rings. The number of carboxylic acid groups (broad SMARTS) is 1. The highest BCUT2D eigenvalue weighted by atomic mass is 19.1. The van der Waals surface area contributed by atoms with Gasteiger partial charge in [-0.1, -0.05) is 91.0 Å². The Morgan fingerprint density at radius 1 is 0.629 bits per heavy atom. The van der Waals surface area contributed by atoms with Gasteiger partial charge in [0.15, 0.2) is 11.6 Å². The van der Waals surface area contributed by atoms with Crippen molar-refractivity contribution < 1.29 is 77.1 Å². The lowest BCUT2D eigenvalue weighted by atomic mass is 9.92. The number of hydrogen-bond donors (Lipinski definition) is 6. The van der Waals surface area contributed by atoms with Crippen molar-refractivity contribution in [3.8, 4) is 17.2 Å². The molecule has 0 radical (unpaired) electrons. The maximum absolute atomic E-state index is 14.8. The van der Waals surface area contributed by atoms with Gasteiger partial charge in [0.2, 0.25) is 11.8 Å². The fraction of sp³-hybridized carbons (Fsp3) is 0.294. The van der Waals surface area contributed by atoms with Gasteiger partial charge in [-0.3, -0.25) is 44.2 Å². The lowest BCUT2D eigenvalue weighted by Gasteiger charge is -2.16. The van der Waals surface area contributed by atoms with Gasteiger partial charge in [0, 0.05) is 29.3 Å². The summed E-state index contributed by atoms with van der Waals surface area (Å²) in [5.41, 5.74) is 12.4. The van der Waals surface area contributed by atoms with Crippen molar-refractivity contribution in [3.05, 3.63) is 203 Å². The molecule has 20 nitrogen and oxygen atoms in total. The average molecular weight is 1210 g/mol. The zero-order valence-electron chi connectivity index (χ0n) is 49.4. The Bertz CT molecular complexity index is 3920. The Morgan fingerprint density at radius 2 is 1.30 bits per heavy atom. The summed E-state index contributed by atoms with van der Waals surface area (Å²) < 4.78 is 47.0. The summed E-state index contributed by atoms with van der Waals surface area (Å²) in [4.78, 5) is 80.4. The molecule has 21 heteroatoms. The van der Waals surface area contributed by atoms with Gasteiger partial charge in [-0.2, -0.15) is 0 Å². The van der Waals surface area contributed by atoms with Gasteiger partial charge in [-0.25, -0.2) is 20.3 Å². The summed E-state index contributed by atoms with van der Waals surface area (Å²) in [6.45, 7) is 4.86. The van der Waals surface area contributed by atoms with Crippen LogP contribution in [0.4, 0.5) is 10.2 Å². The highest BCUT2D eigenvalue weighted by molar-refractivity contribution is 5.98. The van der Waals surface area contributed by atoms with Gasteiger partial charge in [0.1, 0.15) is 35.9 Å². The number of hydroxylamine groups is 2. The van der Waals surface area contributed by atoms with Gasteiger partial charge in [-0.15, -0.1) is 0 Å². The molecule has 3 aliphatic rings. The molecule has 0 spiro atoms. The second-order valence-corrected chi connectivity index (χ2v) is 22.2. The number of carboxylic acids is 1. The number of carbonyl (C=O) groups excluding carboxylic acids is 5. The van der Waals surface area contributed by atoms with E-state index in [2.05, 4.69) is 40.3 Å². The molecule has 89 heavy (non-hydrogen) atoms. The number of esters is 3. The van der Waals surface area contributed by atoms with Crippen LogP contribution in [0.2, 0.25) is 0 Å². The van der Waals surface area contributed by atoms with E-state index in [0.29, 0.717) is 54.5 Å². The molecule has 0 bridgehead atoms. The van der Waals surface area contributed by atoms with Gasteiger partial charge in [0.05, 0.1) is 61.5 Å². The minimum absolute atomic E-state index is 0.0832. The zero-order chi connectivity index (χ0) is 63.5. The number of aryl methyl sites for hydroxylation is 1. The molecule has 6 aromatic carbocycles. The van der Waals surface area contributed by atoms with E-state index < -0.39 is 75.5 Å².